The minimum atomic E-state index is -1.46. The van der Waals surface area contributed by atoms with Gasteiger partial charge in [-0.3, -0.25) is 4.79 Å². The molecule has 2 atom stereocenters. The van der Waals surface area contributed by atoms with Crippen molar-refractivity contribution in [2.45, 2.75) is 44.8 Å². The summed E-state index contributed by atoms with van der Waals surface area (Å²) in [5, 5.41) is 28.1. The molecule has 1 aromatic rings. The lowest BCUT2D eigenvalue weighted by Gasteiger charge is -2.52. The molecule has 0 bridgehead atoms. The van der Waals surface area contributed by atoms with E-state index in [2.05, 4.69) is 23.3 Å². The molecule has 3 rings (SSSR count). The van der Waals surface area contributed by atoms with E-state index in [0.717, 1.165) is 32.1 Å². The second-order valence-corrected chi connectivity index (χ2v) is 8.72. The number of nitrogens with zero attached hydrogens (tertiary/aromatic N) is 1. The van der Waals surface area contributed by atoms with Gasteiger partial charge in [-0.2, -0.15) is 5.26 Å². The highest BCUT2D eigenvalue weighted by atomic mass is 32.2. The van der Waals surface area contributed by atoms with Crippen molar-refractivity contribution < 1.29 is 9.90 Å². The summed E-state index contributed by atoms with van der Waals surface area (Å²) < 4.78 is 0. The van der Waals surface area contributed by atoms with E-state index in [9.17, 15) is 15.2 Å². The summed E-state index contributed by atoms with van der Waals surface area (Å²) in [5.74, 6) is -0.394. The molecule has 0 radical (unpaired) electrons. The van der Waals surface area contributed by atoms with Crippen LogP contribution in [0.5, 0.6) is 0 Å². The third-order valence-electron chi connectivity index (χ3n) is 5.71. The largest absolute Gasteiger partial charge is 0.370 e. The molecule has 6 heteroatoms. The Labute approximate surface area is 170 Å². The van der Waals surface area contributed by atoms with Gasteiger partial charge in [-0.05, 0) is 31.9 Å². The van der Waals surface area contributed by atoms with Crippen LogP contribution in [0.1, 0.15) is 39.0 Å². The Morgan fingerprint density at radius 3 is 2.68 bits per heavy atom. The molecule has 1 heterocycles. The Hall–Kier alpha value is -2.23. The van der Waals surface area contributed by atoms with Crippen LogP contribution < -0.4 is 10.6 Å². The smallest absolute Gasteiger partial charge is 0.233 e. The summed E-state index contributed by atoms with van der Waals surface area (Å²) in [4.78, 5) is 13.4. The molecular weight excluding hydrogens is 370 g/mol. The van der Waals surface area contributed by atoms with Gasteiger partial charge in [0, 0.05) is 16.9 Å². The van der Waals surface area contributed by atoms with E-state index in [1.807, 2.05) is 30.3 Å². The molecule has 1 aliphatic carbocycles. The molecule has 1 amide bonds. The zero-order chi connectivity index (χ0) is 20.2. The molecule has 1 aromatic carbocycles. The highest BCUT2D eigenvalue weighted by Gasteiger charge is 2.58. The number of allylic oxidation sites excluding steroid dienone is 1. The van der Waals surface area contributed by atoms with Crippen molar-refractivity contribution in [3.8, 4) is 6.07 Å². The second-order valence-electron chi connectivity index (χ2n) is 7.69. The molecule has 1 spiro atoms. The predicted octanol–water partition coefficient (Wildman–Crippen LogP) is 4.16. The lowest BCUT2D eigenvalue weighted by Crippen LogP contribution is -2.63. The van der Waals surface area contributed by atoms with Crippen molar-refractivity contribution in [1.82, 2.24) is 5.32 Å². The van der Waals surface area contributed by atoms with Crippen LogP contribution in [0.15, 0.2) is 53.6 Å². The highest BCUT2D eigenvalue weighted by Crippen LogP contribution is 2.55. The van der Waals surface area contributed by atoms with Crippen molar-refractivity contribution in [2.24, 2.45) is 11.3 Å². The Bertz CT molecular complexity index is 805. The number of nitriles is 1. The molecule has 3 N–H and O–H groups in total. The predicted molar refractivity (Wildman–Crippen MR) is 113 cm³/mol. The normalized spacial score (nSPS) is 26.2. The minimum Gasteiger partial charge on any atom is -0.370 e. The van der Waals surface area contributed by atoms with Gasteiger partial charge in [0.25, 0.3) is 0 Å². The summed E-state index contributed by atoms with van der Waals surface area (Å²) in [6.45, 7) is 5.39. The van der Waals surface area contributed by atoms with Gasteiger partial charge < -0.3 is 15.7 Å². The van der Waals surface area contributed by atoms with Gasteiger partial charge in [0.05, 0.1) is 22.6 Å². The number of nitrogens with one attached hydrogen (secondary N) is 2. The van der Waals surface area contributed by atoms with Crippen LogP contribution in [0, 0.1) is 22.7 Å². The van der Waals surface area contributed by atoms with Gasteiger partial charge in [0.15, 0.2) is 0 Å². The number of anilines is 1. The molecule has 5 nitrogen and oxygen atoms in total. The molecule has 2 unspecified atom stereocenters. The number of hydrogen-bond donors (Lipinski definition) is 3. The third kappa shape index (κ3) is 3.82. The quantitative estimate of drug-likeness (QED) is 0.650. The first-order chi connectivity index (χ1) is 13.4. The number of carbonyl (C=O) groups is 1. The van der Waals surface area contributed by atoms with E-state index in [-0.39, 0.29) is 5.91 Å². The van der Waals surface area contributed by atoms with E-state index < -0.39 is 17.1 Å². The maximum Gasteiger partial charge on any atom is 0.233 e. The molecule has 28 heavy (non-hydrogen) atoms. The monoisotopic (exact) mass is 397 g/mol. The molecule has 2 aliphatic rings. The van der Waals surface area contributed by atoms with Crippen molar-refractivity contribution in [1.29, 1.82) is 5.26 Å². The zero-order valence-electron chi connectivity index (χ0n) is 16.2. The van der Waals surface area contributed by atoms with Gasteiger partial charge in [0.1, 0.15) is 5.72 Å². The van der Waals surface area contributed by atoms with Crippen LogP contribution in [-0.2, 0) is 4.79 Å². The number of carbonyl (C=O) groups excluding carboxylic acids is 1. The van der Waals surface area contributed by atoms with Crippen LogP contribution in [0.25, 0.3) is 0 Å². The number of aliphatic hydroxyl groups is 1. The fraction of sp³-hybridized carbons (Fsp3) is 0.455. The standard InChI is InChI=1S/C22H27N3O2S/c1-3-14-28-20-17(15-23)22(12-8-5-9-13-22)18(21(2,27)25-20)19(26)24-16-10-6-4-7-11-16/h3-4,6-7,10-11,18,25,27H,1,5,8-9,12-14H2,2H3,(H,24,26). The lowest BCUT2D eigenvalue weighted by atomic mass is 9.57. The number of amides is 1. The Morgan fingerprint density at radius 2 is 2.07 bits per heavy atom. The number of hydrogen-bond acceptors (Lipinski definition) is 5. The topological polar surface area (TPSA) is 85.2 Å². The maximum absolute atomic E-state index is 13.4. The van der Waals surface area contributed by atoms with Gasteiger partial charge >= 0.3 is 0 Å². The Balaban J connectivity index is 2.06. The summed E-state index contributed by atoms with van der Waals surface area (Å²) >= 11 is 1.45. The second kappa shape index (κ2) is 8.42. The summed E-state index contributed by atoms with van der Waals surface area (Å²) in [6.07, 6.45) is 6.17. The fourth-order valence-corrected chi connectivity index (χ4v) is 5.61. The number of rotatable bonds is 5. The number of thioether (sulfide) groups is 1. The number of para-hydroxylation sites is 1. The summed E-state index contributed by atoms with van der Waals surface area (Å²) in [6, 6.07) is 11.6. The van der Waals surface area contributed by atoms with Gasteiger partial charge in [-0.15, -0.1) is 18.3 Å². The summed E-state index contributed by atoms with van der Waals surface area (Å²) in [7, 11) is 0. The average molecular weight is 398 g/mol. The lowest BCUT2D eigenvalue weighted by molar-refractivity contribution is -0.143. The van der Waals surface area contributed by atoms with E-state index in [0.29, 0.717) is 22.0 Å². The zero-order valence-corrected chi connectivity index (χ0v) is 17.0. The minimum absolute atomic E-state index is 0.258. The third-order valence-corrected chi connectivity index (χ3v) is 6.71. The van der Waals surface area contributed by atoms with Gasteiger partial charge in [-0.1, -0.05) is 43.5 Å². The van der Waals surface area contributed by atoms with Crippen LogP contribution in [-0.4, -0.2) is 22.5 Å². The molecule has 0 aromatic heterocycles. The molecule has 148 valence electrons. The first-order valence-corrected chi connectivity index (χ1v) is 10.7. The highest BCUT2D eigenvalue weighted by molar-refractivity contribution is 8.03. The summed E-state index contributed by atoms with van der Waals surface area (Å²) in [5.41, 5.74) is -0.841. The van der Waals surface area contributed by atoms with Gasteiger partial charge in [0.2, 0.25) is 5.91 Å². The van der Waals surface area contributed by atoms with E-state index in [4.69, 9.17) is 0 Å². The molecule has 0 saturated heterocycles. The molecule has 1 fully saturated rings. The van der Waals surface area contributed by atoms with Crippen molar-refractivity contribution in [3.05, 3.63) is 53.6 Å². The Kier molecular flexibility index (Phi) is 6.17. The Morgan fingerprint density at radius 1 is 1.39 bits per heavy atom. The average Bonchev–Trinajstić information content (AvgIpc) is 2.67. The first kappa shape index (κ1) is 20.5. The van der Waals surface area contributed by atoms with E-state index in [1.165, 1.54) is 11.8 Å². The molecule has 1 saturated carbocycles. The van der Waals surface area contributed by atoms with Crippen molar-refractivity contribution in [3.63, 3.8) is 0 Å². The maximum atomic E-state index is 13.4. The SMILES string of the molecule is C=CCSC1=C(C#N)C2(CCCCC2)C(C(=O)Nc2ccccc2)C(C)(O)N1. The van der Waals surface area contributed by atoms with E-state index in [1.54, 1.807) is 13.0 Å². The van der Waals surface area contributed by atoms with Crippen LogP contribution in [0.4, 0.5) is 5.69 Å². The van der Waals surface area contributed by atoms with Crippen molar-refractivity contribution in [2.75, 3.05) is 11.1 Å². The fourth-order valence-electron chi connectivity index (χ4n) is 4.65. The van der Waals surface area contributed by atoms with Crippen LogP contribution in [0.3, 0.4) is 0 Å². The van der Waals surface area contributed by atoms with Crippen LogP contribution in [0.2, 0.25) is 0 Å². The van der Waals surface area contributed by atoms with Crippen molar-refractivity contribution >= 4 is 23.4 Å². The number of benzene rings is 1. The first-order valence-electron chi connectivity index (χ1n) is 9.69. The van der Waals surface area contributed by atoms with Crippen LogP contribution >= 0.6 is 11.8 Å². The van der Waals surface area contributed by atoms with E-state index >= 15 is 0 Å². The molecule has 1 aliphatic heterocycles. The van der Waals surface area contributed by atoms with Gasteiger partial charge in [-0.25, -0.2) is 0 Å². The molecular formula is C22H27N3O2S.